The summed E-state index contributed by atoms with van der Waals surface area (Å²) in [6, 6.07) is 26.9. The van der Waals surface area contributed by atoms with Crippen LogP contribution in [0.25, 0.3) is 0 Å². The summed E-state index contributed by atoms with van der Waals surface area (Å²) in [6.45, 7) is 0.703. The van der Waals surface area contributed by atoms with Crippen molar-refractivity contribution < 1.29 is 9.53 Å². The molecule has 0 spiro atoms. The SMILES string of the molecule is COc1cccc(NC(=O)[C@@H](NCCc2ccccc2)c2ccccc2)c1. The average Bonchev–Trinajstić information content (AvgIpc) is 2.72. The Morgan fingerprint density at radius 2 is 1.63 bits per heavy atom. The van der Waals surface area contributed by atoms with Gasteiger partial charge in [0.15, 0.2) is 0 Å². The van der Waals surface area contributed by atoms with Gasteiger partial charge in [0.2, 0.25) is 5.91 Å². The first kappa shape index (κ1) is 18.7. The van der Waals surface area contributed by atoms with Crippen LogP contribution in [0.15, 0.2) is 84.9 Å². The fourth-order valence-corrected chi connectivity index (χ4v) is 2.93. The number of benzene rings is 3. The molecular formula is C23H24N2O2. The van der Waals surface area contributed by atoms with Crippen molar-refractivity contribution in [2.75, 3.05) is 19.0 Å². The molecule has 4 nitrogen and oxygen atoms in total. The molecule has 0 aliphatic heterocycles. The minimum absolute atomic E-state index is 0.0949. The van der Waals surface area contributed by atoms with Crippen LogP contribution >= 0.6 is 0 Å². The molecule has 0 aliphatic carbocycles. The molecule has 1 amide bonds. The van der Waals surface area contributed by atoms with E-state index >= 15 is 0 Å². The van der Waals surface area contributed by atoms with Crippen molar-refractivity contribution in [3.05, 3.63) is 96.1 Å². The van der Waals surface area contributed by atoms with Crippen molar-refractivity contribution in [2.45, 2.75) is 12.5 Å². The normalized spacial score (nSPS) is 11.6. The van der Waals surface area contributed by atoms with E-state index < -0.39 is 6.04 Å². The highest BCUT2D eigenvalue weighted by Gasteiger charge is 2.20. The molecule has 1 atom stereocenters. The number of hydrogen-bond acceptors (Lipinski definition) is 3. The molecule has 3 rings (SSSR count). The highest BCUT2D eigenvalue weighted by Crippen LogP contribution is 2.20. The van der Waals surface area contributed by atoms with Gasteiger partial charge >= 0.3 is 0 Å². The summed E-state index contributed by atoms with van der Waals surface area (Å²) < 4.78 is 5.23. The highest BCUT2D eigenvalue weighted by molar-refractivity contribution is 5.95. The van der Waals surface area contributed by atoms with E-state index in [1.165, 1.54) is 5.56 Å². The third-order valence-electron chi connectivity index (χ3n) is 4.34. The highest BCUT2D eigenvalue weighted by atomic mass is 16.5. The van der Waals surface area contributed by atoms with Gasteiger partial charge in [0.25, 0.3) is 0 Å². The van der Waals surface area contributed by atoms with Gasteiger partial charge < -0.3 is 15.4 Å². The molecule has 0 saturated heterocycles. The molecule has 0 fully saturated rings. The Hall–Kier alpha value is -3.11. The average molecular weight is 360 g/mol. The molecule has 0 aliphatic rings. The van der Waals surface area contributed by atoms with Gasteiger partial charge in [0.05, 0.1) is 7.11 Å². The minimum atomic E-state index is -0.430. The second-order valence-corrected chi connectivity index (χ2v) is 6.25. The molecule has 0 heterocycles. The first-order chi connectivity index (χ1) is 13.3. The molecule has 3 aromatic rings. The second-order valence-electron chi connectivity index (χ2n) is 6.25. The van der Waals surface area contributed by atoms with Crippen molar-refractivity contribution in [3.8, 4) is 5.75 Å². The van der Waals surface area contributed by atoms with Gasteiger partial charge in [0, 0.05) is 18.3 Å². The number of carbonyl (C=O) groups is 1. The number of carbonyl (C=O) groups excluding carboxylic acids is 1. The van der Waals surface area contributed by atoms with Gasteiger partial charge in [-0.1, -0.05) is 66.7 Å². The van der Waals surface area contributed by atoms with Crippen molar-refractivity contribution in [1.29, 1.82) is 0 Å². The molecule has 2 N–H and O–H groups in total. The Morgan fingerprint density at radius 1 is 0.926 bits per heavy atom. The summed E-state index contributed by atoms with van der Waals surface area (Å²) in [5, 5.41) is 6.37. The molecule has 0 radical (unpaired) electrons. The largest absolute Gasteiger partial charge is 0.497 e. The Labute approximate surface area is 160 Å². The minimum Gasteiger partial charge on any atom is -0.497 e. The number of anilines is 1. The first-order valence-corrected chi connectivity index (χ1v) is 9.03. The predicted molar refractivity (Wildman–Crippen MR) is 109 cm³/mol. The van der Waals surface area contributed by atoms with E-state index in [2.05, 4.69) is 22.8 Å². The van der Waals surface area contributed by atoms with Gasteiger partial charge in [-0.15, -0.1) is 0 Å². The van der Waals surface area contributed by atoms with Gasteiger partial charge in [0.1, 0.15) is 11.8 Å². The molecule has 4 heteroatoms. The lowest BCUT2D eigenvalue weighted by molar-refractivity contribution is -0.118. The number of rotatable bonds is 8. The molecule has 138 valence electrons. The summed E-state index contributed by atoms with van der Waals surface area (Å²) in [6.07, 6.45) is 0.858. The molecule has 0 saturated carbocycles. The van der Waals surface area contributed by atoms with Crippen molar-refractivity contribution >= 4 is 11.6 Å². The van der Waals surface area contributed by atoms with E-state index in [9.17, 15) is 4.79 Å². The van der Waals surface area contributed by atoms with Crippen LogP contribution in [-0.4, -0.2) is 19.6 Å². The molecule has 3 aromatic carbocycles. The smallest absolute Gasteiger partial charge is 0.246 e. The lowest BCUT2D eigenvalue weighted by atomic mass is 10.1. The molecule has 0 aromatic heterocycles. The zero-order valence-corrected chi connectivity index (χ0v) is 15.4. The van der Waals surface area contributed by atoms with Gasteiger partial charge in [-0.25, -0.2) is 0 Å². The fourth-order valence-electron chi connectivity index (χ4n) is 2.93. The Morgan fingerprint density at radius 3 is 2.33 bits per heavy atom. The van der Waals surface area contributed by atoms with Crippen molar-refractivity contribution in [2.24, 2.45) is 0 Å². The zero-order chi connectivity index (χ0) is 18.9. The number of amides is 1. The number of ether oxygens (including phenoxy) is 1. The van der Waals surface area contributed by atoms with Crippen LogP contribution in [0.1, 0.15) is 17.2 Å². The Balaban J connectivity index is 1.70. The van der Waals surface area contributed by atoms with E-state index in [1.807, 2.05) is 72.8 Å². The van der Waals surface area contributed by atoms with Gasteiger partial charge in [-0.05, 0) is 29.7 Å². The maximum absolute atomic E-state index is 12.9. The van der Waals surface area contributed by atoms with Crippen LogP contribution in [-0.2, 0) is 11.2 Å². The van der Waals surface area contributed by atoms with Crippen LogP contribution in [0, 0.1) is 0 Å². The molecule has 0 unspecified atom stereocenters. The van der Waals surface area contributed by atoms with E-state index in [-0.39, 0.29) is 5.91 Å². The molecule has 0 bridgehead atoms. The number of hydrogen-bond donors (Lipinski definition) is 2. The summed E-state index contributed by atoms with van der Waals surface area (Å²) in [4.78, 5) is 12.9. The van der Waals surface area contributed by atoms with Crippen LogP contribution in [0.4, 0.5) is 5.69 Å². The maximum Gasteiger partial charge on any atom is 0.246 e. The lowest BCUT2D eigenvalue weighted by Gasteiger charge is -2.19. The predicted octanol–water partition coefficient (Wildman–Crippen LogP) is 4.21. The number of methoxy groups -OCH3 is 1. The monoisotopic (exact) mass is 360 g/mol. The van der Waals surface area contributed by atoms with E-state index in [0.29, 0.717) is 18.0 Å². The third-order valence-corrected chi connectivity index (χ3v) is 4.34. The van der Waals surface area contributed by atoms with Gasteiger partial charge in [-0.3, -0.25) is 4.79 Å². The van der Waals surface area contributed by atoms with Crippen molar-refractivity contribution in [3.63, 3.8) is 0 Å². The van der Waals surface area contributed by atoms with E-state index in [1.54, 1.807) is 7.11 Å². The maximum atomic E-state index is 12.9. The van der Waals surface area contributed by atoms with Crippen LogP contribution < -0.4 is 15.4 Å². The van der Waals surface area contributed by atoms with Crippen molar-refractivity contribution in [1.82, 2.24) is 5.32 Å². The van der Waals surface area contributed by atoms with Crippen LogP contribution in [0.5, 0.6) is 5.75 Å². The summed E-state index contributed by atoms with van der Waals surface area (Å²) in [7, 11) is 1.61. The van der Waals surface area contributed by atoms with Crippen LogP contribution in [0.3, 0.4) is 0 Å². The zero-order valence-electron chi connectivity index (χ0n) is 15.4. The molecule has 27 heavy (non-hydrogen) atoms. The number of nitrogens with one attached hydrogen (secondary N) is 2. The van der Waals surface area contributed by atoms with Crippen LogP contribution in [0.2, 0.25) is 0 Å². The quantitative estimate of drug-likeness (QED) is 0.633. The topological polar surface area (TPSA) is 50.4 Å². The first-order valence-electron chi connectivity index (χ1n) is 9.03. The van der Waals surface area contributed by atoms with E-state index in [4.69, 9.17) is 4.74 Å². The Kier molecular flexibility index (Phi) is 6.61. The van der Waals surface area contributed by atoms with Gasteiger partial charge in [-0.2, -0.15) is 0 Å². The second kappa shape index (κ2) is 9.55. The summed E-state index contributed by atoms with van der Waals surface area (Å²) in [5.74, 6) is 0.614. The Bertz CT molecular complexity index is 851. The fraction of sp³-hybridized carbons (Fsp3) is 0.174. The summed E-state index contributed by atoms with van der Waals surface area (Å²) >= 11 is 0. The lowest BCUT2D eigenvalue weighted by Crippen LogP contribution is -2.34. The standard InChI is InChI=1S/C23H24N2O2/c1-27-21-14-8-13-20(17-21)25-23(26)22(19-11-6-3-7-12-19)24-16-15-18-9-4-2-5-10-18/h2-14,17,22,24H,15-16H2,1H3,(H,25,26)/t22-/m0/s1. The molecular weight excluding hydrogens is 336 g/mol. The van der Waals surface area contributed by atoms with E-state index in [0.717, 1.165) is 12.0 Å². The third kappa shape index (κ3) is 5.43. The summed E-state index contributed by atoms with van der Waals surface area (Å²) in [5.41, 5.74) is 2.89.